The molecule has 3 aliphatic heterocycles. The number of nitrogens with zero attached hydrogens (tertiary/aromatic N) is 4. The third-order valence-electron chi connectivity index (χ3n) is 7.07. The Morgan fingerprint density at radius 2 is 1.97 bits per heavy atom. The topological polar surface area (TPSA) is 87.5 Å². The molecule has 3 aromatic rings. The number of pyridine rings is 1. The van der Waals surface area contributed by atoms with Gasteiger partial charge in [-0.05, 0) is 61.3 Å². The second kappa shape index (κ2) is 7.52. The van der Waals surface area contributed by atoms with Gasteiger partial charge in [0.25, 0.3) is 5.91 Å². The zero-order valence-electron chi connectivity index (χ0n) is 18.5. The van der Waals surface area contributed by atoms with Crippen LogP contribution < -0.4 is 5.32 Å². The molecule has 3 aliphatic rings. The molecule has 1 atom stereocenters. The van der Waals surface area contributed by atoms with E-state index < -0.39 is 6.04 Å². The molecule has 1 aromatic carbocycles. The molecule has 2 aromatic heterocycles. The van der Waals surface area contributed by atoms with E-state index in [1.807, 2.05) is 37.5 Å². The van der Waals surface area contributed by atoms with E-state index in [9.17, 15) is 14.4 Å². The summed E-state index contributed by atoms with van der Waals surface area (Å²) in [6.07, 6.45) is 3.91. The molecular weight excluding hydrogens is 418 g/mol. The molecule has 2 fully saturated rings. The average molecular weight is 444 g/mol. The van der Waals surface area contributed by atoms with Crippen LogP contribution in [0.4, 0.5) is 0 Å². The van der Waals surface area contributed by atoms with Gasteiger partial charge in [0.2, 0.25) is 11.8 Å². The molecule has 1 N–H and O–H groups in total. The van der Waals surface area contributed by atoms with Crippen LogP contribution in [-0.4, -0.2) is 56.2 Å². The van der Waals surface area contributed by atoms with Crippen molar-refractivity contribution in [2.45, 2.75) is 38.4 Å². The van der Waals surface area contributed by atoms with Gasteiger partial charge in [-0.3, -0.25) is 24.6 Å². The Balaban J connectivity index is 1.34. The predicted molar refractivity (Wildman–Crippen MR) is 122 cm³/mol. The number of aromatic nitrogens is 2. The molecule has 0 bridgehead atoms. The first-order chi connectivity index (χ1) is 16.0. The third kappa shape index (κ3) is 3.33. The molecule has 0 aliphatic carbocycles. The minimum Gasteiger partial charge on any atom is -0.349 e. The summed E-state index contributed by atoms with van der Waals surface area (Å²) in [5.41, 5.74) is 6.73. The number of piperidine rings is 1. The second-order valence-corrected chi connectivity index (χ2v) is 9.23. The van der Waals surface area contributed by atoms with Crippen molar-refractivity contribution >= 4 is 28.8 Å². The Morgan fingerprint density at radius 3 is 2.73 bits per heavy atom. The van der Waals surface area contributed by atoms with E-state index in [-0.39, 0.29) is 24.1 Å². The summed E-state index contributed by atoms with van der Waals surface area (Å²) in [6, 6.07) is 9.40. The highest BCUT2D eigenvalue weighted by atomic mass is 16.2. The van der Waals surface area contributed by atoms with Crippen LogP contribution in [-0.2, 0) is 29.7 Å². The van der Waals surface area contributed by atoms with Crippen LogP contribution in [0.25, 0.3) is 22.3 Å². The molecular formula is C25H25N5O3. The quantitative estimate of drug-likeness (QED) is 0.625. The van der Waals surface area contributed by atoms with Crippen molar-refractivity contribution in [3.63, 3.8) is 0 Å². The normalized spacial score (nSPS) is 20.8. The zero-order valence-corrected chi connectivity index (χ0v) is 18.5. The molecule has 168 valence electrons. The van der Waals surface area contributed by atoms with Crippen LogP contribution >= 0.6 is 0 Å². The van der Waals surface area contributed by atoms with E-state index in [1.54, 1.807) is 4.90 Å². The third-order valence-corrected chi connectivity index (χ3v) is 7.07. The van der Waals surface area contributed by atoms with E-state index in [1.165, 1.54) is 12.0 Å². The van der Waals surface area contributed by atoms with Gasteiger partial charge in [0.1, 0.15) is 6.04 Å². The summed E-state index contributed by atoms with van der Waals surface area (Å²) in [6.45, 7) is 3.51. The van der Waals surface area contributed by atoms with E-state index in [0.29, 0.717) is 18.5 Å². The lowest BCUT2D eigenvalue weighted by Crippen LogP contribution is -2.52. The summed E-state index contributed by atoms with van der Waals surface area (Å²) in [7, 11) is 2.05. The first-order valence-corrected chi connectivity index (χ1v) is 11.4. The Morgan fingerprint density at radius 1 is 1.12 bits per heavy atom. The number of amides is 3. The van der Waals surface area contributed by atoms with Gasteiger partial charge in [-0.25, -0.2) is 4.98 Å². The molecule has 0 radical (unpaired) electrons. The van der Waals surface area contributed by atoms with E-state index in [4.69, 9.17) is 4.98 Å². The highest BCUT2D eigenvalue weighted by Crippen LogP contribution is 2.32. The number of carbonyl (C=O) groups excluding carboxylic acids is 3. The fourth-order valence-corrected chi connectivity index (χ4v) is 5.18. The minimum absolute atomic E-state index is 0.156. The van der Waals surface area contributed by atoms with Gasteiger partial charge in [0, 0.05) is 43.9 Å². The highest BCUT2D eigenvalue weighted by Gasteiger charge is 2.39. The number of imide groups is 1. The maximum Gasteiger partial charge on any atom is 0.255 e. The van der Waals surface area contributed by atoms with Gasteiger partial charge >= 0.3 is 0 Å². The molecule has 0 saturated carbocycles. The first-order valence-electron chi connectivity index (χ1n) is 11.4. The summed E-state index contributed by atoms with van der Waals surface area (Å²) in [5.74, 6) is -0.824. The average Bonchev–Trinajstić information content (AvgIpc) is 3.30. The summed E-state index contributed by atoms with van der Waals surface area (Å²) >= 11 is 0. The first kappa shape index (κ1) is 20.1. The summed E-state index contributed by atoms with van der Waals surface area (Å²) in [4.78, 5) is 45.7. The van der Waals surface area contributed by atoms with Crippen molar-refractivity contribution in [3.05, 3.63) is 53.2 Å². The number of nitrogens with one attached hydrogen (secondary N) is 1. The fourth-order valence-electron chi connectivity index (χ4n) is 5.18. The standard InChI is InChI=1S/C25H25N5O3/c1-28-10-7-19-23(28)17(13-29-8-2-9-29)12-20(26-19)15-3-4-18-16(11-15)14-30(25(18)33)21-5-6-22(31)27-24(21)32/h3-4,7,10-12,21H,2,5-6,8-9,13-14H2,1H3,(H,27,31,32). The van der Waals surface area contributed by atoms with Crippen LogP contribution in [0.1, 0.15) is 40.7 Å². The van der Waals surface area contributed by atoms with Crippen molar-refractivity contribution < 1.29 is 14.4 Å². The lowest BCUT2D eigenvalue weighted by molar-refractivity contribution is -0.136. The molecule has 5 heterocycles. The number of rotatable bonds is 4. The number of hydrogen-bond acceptors (Lipinski definition) is 5. The lowest BCUT2D eigenvalue weighted by atomic mass is 10.0. The molecule has 2 saturated heterocycles. The molecule has 8 nitrogen and oxygen atoms in total. The maximum atomic E-state index is 13.0. The van der Waals surface area contributed by atoms with Gasteiger partial charge in [-0.1, -0.05) is 6.07 Å². The van der Waals surface area contributed by atoms with Crippen molar-refractivity contribution in [2.75, 3.05) is 13.1 Å². The number of hydrogen-bond donors (Lipinski definition) is 1. The largest absolute Gasteiger partial charge is 0.349 e. The smallest absolute Gasteiger partial charge is 0.255 e. The molecule has 1 unspecified atom stereocenters. The molecule has 33 heavy (non-hydrogen) atoms. The van der Waals surface area contributed by atoms with Crippen LogP contribution in [0.5, 0.6) is 0 Å². The van der Waals surface area contributed by atoms with Crippen LogP contribution in [0.2, 0.25) is 0 Å². The second-order valence-electron chi connectivity index (χ2n) is 9.23. The number of carbonyl (C=O) groups is 3. The van der Waals surface area contributed by atoms with E-state index in [0.717, 1.165) is 47.5 Å². The Hall–Kier alpha value is -3.52. The lowest BCUT2D eigenvalue weighted by Gasteiger charge is -2.31. The number of benzene rings is 1. The van der Waals surface area contributed by atoms with Gasteiger partial charge in [0.05, 0.1) is 16.7 Å². The SMILES string of the molecule is Cn1ccc2nc(-c3ccc4c(c3)CN(C3CCC(=O)NC3=O)C4=O)cc(CN3CCC3)c21. The van der Waals surface area contributed by atoms with Crippen LogP contribution in [0, 0.1) is 0 Å². The maximum absolute atomic E-state index is 13.0. The summed E-state index contributed by atoms with van der Waals surface area (Å²) in [5, 5.41) is 2.35. The van der Waals surface area contributed by atoms with Crippen molar-refractivity contribution in [1.29, 1.82) is 0 Å². The zero-order chi connectivity index (χ0) is 22.7. The van der Waals surface area contributed by atoms with Crippen molar-refractivity contribution in [2.24, 2.45) is 7.05 Å². The van der Waals surface area contributed by atoms with Gasteiger partial charge < -0.3 is 9.47 Å². The monoisotopic (exact) mass is 443 g/mol. The minimum atomic E-state index is -0.604. The molecule has 0 spiro atoms. The Kier molecular flexibility index (Phi) is 4.58. The predicted octanol–water partition coefficient (Wildman–Crippen LogP) is 2.21. The van der Waals surface area contributed by atoms with Crippen molar-refractivity contribution in [3.8, 4) is 11.3 Å². The van der Waals surface area contributed by atoms with Crippen LogP contribution in [0.3, 0.4) is 0 Å². The van der Waals surface area contributed by atoms with Crippen molar-refractivity contribution in [1.82, 2.24) is 24.7 Å². The fraction of sp³-hybridized carbons (Fsp3) is 0.360. The number of fused-ring (bicyclic) bond motifs is 2. The Labute approximate surface area is 191 Å². The number of likely N-dealkylation sites (tertiary alicyclic amines) is 1. The number of aryl methyl sites for hydroxylation is 1. The van der Waals surface area contributed by atoms with Crippen LogP contribution in [0.15, 0.2) is 36.5 Å². The molecule has 8 heteroatoms. The van der Waals surface area contributed by atoms with Gasteiger partial charge in [0.15, 0.2) is 0 Å². The van der Waals surface area contributed by atoms with Gasteiger partial charge in [-0.15, -0.1) is 0 Å². The van der Waals surface area contributed by atoms with E-state index >= 15 is 0 Å². The summed E-state index contributed by atoms with van der Waals surface area (Å²) < 4.78 is 2.13. The van der Waals surface area contributed by atoms with E-state index in [2.05, 4.69) is 20.9 Å². The highest BCUT2D eigenvalue weighted by molar-refractivity contribution is 6.05. The Bertz CT molecular complexity index is 1320. The van der Waals surface area contributed by atoms with Gasteiger partial charge in [-0.2, -0.15) is 0 Å². The molecule has 3 amide bonds. The molecule has 6 rings (SSSR count).